The average Bonchev–Trinajstić information content (AvgIpc) is 3.16. The standard InChI is InChI=1S/C33H52F6O14/c34-2-4-42-6-8-44-10-12-46-14-16-48-18-20-50-22-24-52-26-25-51-23-21-49-19-17-47-15-13-45-11-9-43-7-5-41-3-1-27(40)53-33-31(38)29(36)28(35)30(37)32(33)39/h1-26H2. The van der Waals surface area contributed by atoms with Gasteiger partial charge in [-0.25, -0.2) is 17.6 Å². The number of ether oxygens (including phenoxy) is 13. The zero-order chi connectivity index (χ0) is 38.6. The molecule has 0 heterocycles. The quantitative estimate of drug-likeness (QED) is 0.0242. The fourth-order valence-electron chi connectivity index (χ4n) is 3.57. The molecular weight excluding hydrogens is 734 g/mol. The third-order valence-electron chi connectivity index (χ3n) is 6.15. The molecule has 0 saturated heterocycles. The van der Waals surface area contributed by atoms with Gasteiger partial charge in [-0.15, -0.1) is 0 Å². The highest BCUT2D eigenvalue weighted by molar-refractivity contribution is 5.72. The molecule has 0 saturated carbocycles. The van der Waals surface area contributed by atoms with Gasteiger partial charge in [0.05, 0.1) is 165 Å². The van der Waals surface area contributed by atoms with E-state index in [1.165, 1.54) is 0 Å². The molecule has 1 aromatic carbocycles. The number of hydrogen-bond acceptors (Lipinski definition) is 14. The smallest absolute Gasteiger partial charge is 0.313 e. The van der Waals surface area contributed by atoms with Crippen LogP contribution < -0.4 is 4.74 Å². The predicted molar refractivity (Wildman–Crippen MR) is 172 cm³/mol. The Morgan fingerprint density at radius 3 is 0.774 bits per heavy atom. The molecule has 310 valence electrons. The Morgan fingerprint density at radius 2 is 0.528 bits per heavy atom. The lowest BCUT2D eigenvalue weighted by atomic mass is 10.2. The van der Waals surface area contributed by atoms with Gasteiger partial charge < -0.3 is 61.6 Å². The van der Waals surface area contributed by atoms with Gasteiger partial charge in [0.1, 0.15) is 6.67 Å². The van der Waals surface area contributed by atoms with Gasteiger partial charge in [-0.1, -0.05) is 0 Å². The van der Waals surface area contributed by atoms with E-state index >= 15 is 0 Å². The molecule has 0 spiro atoms. The number of benzene rings is 1. The van der Waals surface area contributed by atoms with Gasteiger partial charge in [-0.2, -0.15) is 8.78 Å². The maximum atomic E-state index is 13.5. The van der Waals surface area contributed by atoms with Crippen LogP contribution >= 0.6 is 0 Å². The SMILES string of the molecule is O=C(CCOCCOCCOCCOCCOCCOCCOCCOCCOCCOCCOCCOCCF)Oc1c(F)c(F)c(F)c(F)c1F. The van der Waals surface area contributed by atoms with Gasteiger partial charge in [-0.05, 0) is 0 Å². The molecule has 0 aliphatic carbocycles. The van der Waals surface area contributed by atoms with Crippen LogP contribution in [0, 0.1) is 29.1 Å². The number of rotatable bonds is 39. The molecule has 0 unspecified atom stereocenters. The fraction of sp³-hybridized carbons (Fsp3) is 0.788. The second-order valence-electron chi connectivity index (χ2n) is 10.2. The third-order valence-corrected chi connectivity index (χ3v) is 6.15. The van der Waals surface area contributed by atoms with Gasteiger partial charge in [0, 0.05) is 0 Å². The van der Waals surface area contributed by atoms with Crippen LogP contribution in [0.1, 0.15) is 6.42 Å². The molecule has 14 nitrogen and oxygen atoms in total. The van der Waals surface area contributed by atoms with E-state index in [4.69, 9.17) is 56.8 Å². The zero-order valence-corrected chi connectivity index (χ0v) is 29.9. The second kappa shape index (κ2) is 35.5. The Kier molecular flexibility index (Phi) is 32.7. The predicted octanol–water partition coefficient (Wildman–Crippen LogP) is 2.85. The molecule has 1 aromatic rings. The lowest BCUT2D eigenvalue weighted by Gasteiger charge is -2.09. The summed E-state index contributed by atoms with van der Waals surface area (Å²) in [6.07, 6.45) is -0.491. The Labute approximate surface area is 305 Å². The highest BCUT2D eigenvalue weighted by Gasteiger charge is 2.28. The number of halogens is 6. The minimum atomic E-state index is -2.35. The van der Waals surface area contributed by atoms with Crippen molar-refractivity contribution in [2.24, 2.45) is 0 Å². The highest BCUT2D eigenvalue weighted by atomic mass is 19.2. The minimum absolute atomic E-state index is 0.0752. The highest BCUT2D eigenvalue weighted by Crippen LogP contribution is 2.29. The summed E-state index contributed by atoms with van der Waals surface area (Å²) in [5.74, 6) is -14.2. The van der Waals surface area contributed by atoms with Crippen LogP contribution in [-0.4, -0.2) is 171 Å². The number of carbonyl (C=O) groups is 1. The minimum Gasteiger partial charge on any atom is -0.420 e. The summed E-state index contributed by atoms with van der Waals surface area (Å²) < 4.78 is 146. The summed E-state index contributed by atoms with van der Waals surface area (Å²) in [4.78, 5) is 11.6. The van der Waals surface area contributed by atoms with E-state index in [-0.39, 0.29) is 33.0 Å². The molecule has 0 amide bonds. The van der Waals surface area contributed by atoms with Crippen molar-refractivity contribution in [3.63, 3.8) is 0 Å². The van der Waals surface area contributed by atoms with Crippen molar-refractivity contribution in [3.05, 3.63) is 29.1 Å². The van der Waals surface area contributed by atoms with Gasteiger partial charge in [0.25, 0.3) is 0 Å². The molecule has 53 heavy (non-hydrogen) atoms. The number of esters is 1. The Balaban J connectivity index is 1.72. The zero-order valence-electron chi connectivity index (χ0n) is 29.9. The first-order chi connectivity index (χ1) is 25.9. The number of carbonyl (C=O) groups excluding carboxylic acids is 1. The molecule has 0 N–H and O–H groups in total. The number of hydrogen-bond donors (Lipinski definition) is 0. The maximum absolute atomic E-state index is 13.5. The molecule has 0 aliphatic rings. The summed E-state index contributed by atoms with van der Waals surface area (Å²) in [6.45, 7) is 7.81. The second-order valence-corrected chi connectivity index (χ2v) is 10.2. The Bertz CT molecular complexity index is 1000. The van der Waals surface area contributed by atoms with Crippen molar-refractivity contribution in [3.8, 4) is 5.75 Å². The normalized spacial score (nSPS) is 11.5. The molecule has 1 rings (SSSR count). The van der Waals surface area contributed by atoms with Gasteiger partial charge in [0.15, 0.2) is 0 Å². The van der Waals surface area contributed by atoms with E-state index in [0.29, 0.717) is 126 Å². The summed E-state index contributed by atoms with van der Waals surface area (Å²) in [6, 6.07) is 0. The van der Waals surface area contributed by atoms with Crippen molar-refractivity contribution in [1.82, 2.24) is 0 Å². The van der Waals surface area contributed by atoms with Crippen molar-refractivity contribution < 1.29 is 92.7 Å². The lowest BCUT2D eigenvalue weighted by Crippen LogP contribution is -2.16. The molecular formula is C33H52F6O14. The van der Waals surface area contributed by atoms with Crippen LogP contribution in [-0.2, 0) is 61.6 Å². The first-order valence-corrected chi connectivity index (χ1v) is 17.1. The largest absolute Gasteiger partial charge is 0.420 e. The van der Waals surface area contributed by atoms with Gasteiger partial charge >= 0.3 is 5.97 Å². The molecule has 0 fully saturated rings. The van der Waals surface area contributed by atoms with E-state index in [0.717, 1.165) is 0 Å². The van der Waals surface area contributed by atoms with Crippen molar-refractivity contribution in [2.45, 2.75) is 6.42 Å². The monoisotopic (exact) mass is 786 g/mol. The molecule has 0 aromatic heterocycles. The van der Waals surface area contributed by atoms with Crippen LogP contribution in [0.15, 0.2) is 0 Å². The summed E-state index contributed by atoms with van der Waals surface area (Å²) in [5.41, 5.74) is 0. The van der Waals surface area contributed by atoms with Gasteiger partial charge in [-0.3, -0.25) is 4.79 Å². The van der Waals surface area contributed by atoms with Crippen LogP contribution in [0.25, 0.3) is 0 Å². The third kappa shape index (κ3) is 27.1. The first-order valence-electron chi connectivity index (χ1n) is 17.1. The van der Waals surface area contributed by atoms with Crippen molar-refractivity contribution in [1.29, 1.82) is 0 Å². The molecule has 0 bridgehead atoms. The van der Waals surface area contributed by atoms with E-state index in [1.54, 1.807) is 0 Å². The lowest BCUT2D eigenvalue weighted by molar-refractivity contribution is -0.136. The van der Waals surface area contributed by atoms with Crippen molar-refractivity contribution in [2.75, 3.05) is 165 Å². The van der Waals surface area contributed by atoms with Crippen molar-refractivity contribution >= 4 is 5.97 Å². The first kappa shape index (κ1) is 48.8. The maximum Gasteiger partial charge on any atom is 0.313 e. The van der Waals surface area contributed by atoms with Crippen LogP contribution in [0.5, 0.6) is 5.75 Å². The van der Waals surface area contributed by atoms with E-state index in [2.05, 4.69) is 4.74 Å². The van der Waals surface area contributed by atoms with E-state index < -0.39 is 53.9 Å². The van der Waals surface area contributed by atoms with Crippen LogP contribution in [0.3, 0.4) is 0 Å². The topological polar surface area (TPSA) is 137 Å². The van der Waals surface area contributed by atoms with Crippen LogP contribution in [0.4, 0.5) is 26.3 Å². The summed E-state index contributed by atoms with van der Waals surface area (Å²) in [7, 11) is 0. The van der Waals surface area contributed by atoms with E-state index in [9.17, 15) is 31.1 Å². The molecule has 0 atom stereocenters. The number of alkyl halides is 1. The molecule has 0 radical (unpaired) electrons. The molecule has 0 aliphatic heterocycles. The summed E-state index contributed by atoms with van der Waals surface area (Å²) >= 11 is 0. The summed E-state index contributed by atoms with van der Waals surface area (Å²) in [5, 5.41) is 0. The Hall–Kier alpha value is -2.21. The van der Waals surface area contributed by atoms with E-state index in [1.807, 2.05) is 0 Å². The van der Waals surface area contributed by atoms with Crippen LogP contribution in [0.2, 0.25) is 0 Å². The molecule has 20 heteroatoms. The average molecular weight is 787 g/mol. The Morgan fingerprint density at radius 1 is 0.321 bits per heavy atom. The van der Waals surface area contributed by atoms with Gasteiger partial charge in [0.2, 0.25) is 34.8 Å². The fourth-order valence-corrected chi connectivity index (χ4v) is 3.57.